The Labute approximate surface area is 178 Å². The van der Waals surface area contributed by atoms with Gasteiger partial charge in [-0.15, -0.1) is 5.10 Å². The van der Waals surface area contributed by atoms with Gasteiger partial charge in [-0.2, -0.15) is 18.3 Å². The van der Waals surface area contributed by atoms with Crippen LogP contribution in [0.25, 0.3) is 0 Å². The minimum absolute atomic E-state index is 0.0776. The van der Waals surface area contributed by atoms with Crippen LogP contribution in [0.4, 0.5) is 23.8 Å². The molecular formula is C21H24F3N5O2. The summed E-state index contributed by atoms with van der Waals surface area (Å²) in [4.78, 5) is 16.4. The summed E-state index contributed by atoms with van der Waals surface area (Å²) in [6.07, 6.45) is -2.24. The Balaban J connectivity index is 1.46. The molecule has 1 unspecified atom stereocenters. The van der Waals surface area contributed by atoms with Crippen molar-refractivity contribution in [3.05, 3.63) is 47.7 Å². The van der Waals surface area contributed by atoms with Crippen LogP contribution in [0.15, 0.2) is 36.5 Å². The van der Waals surface area contributed by atoms with Gasteiger partial charge in [0.05, 0.1) is 5.56 Å². The quantitative estimate of drug-likeness (QED) is 0.774. The predicted molar refractivity (Wildman–Crippen MR) is 108 cm³/mol. The average Bonchev–Trinajstić information content (AvgIpc) is 2.72. The number of urea groups is 1. The SMILES string of the molecule is CC1(C)CC(N2CCN(C(=O)Nc3cccnn3)CC2)c2ccc(C(F)(F)F)cc2O1. The second-order valence-electron chi connectivity index (χ2n) is 8.39. The zero-order chi connectivity index (χ0) is 22.2. The maximum Gasteiger partial charge on any atom is 0.416 e. The number of alkyl halides is 3. The van der Waals surface area contributed by atoms with Gasteiger partial charge in [-0.25, -0.2) is 4.79 Å². The van der Waals surface area contributed by atoms with Crippen LogP contribution < -0.4 is 10.1 Å². The number of nitrogens with one attached hydrogen (secondary N) is 1. The van der Waals surface area contributed by atoms with Crippen LogP contribution in [0, 0.1) is 0 Å². The van der Waals surface area contributed by atoms with Crippen LogP contribution in [0.3, 0.4) is 0 Å². The number of rotatable bonds is 2. The number of halogens is 3. The first kappa shape index (κ1) is 21.4. The fraction of sp³-hybridized carbons (Fsp3) is 0.476. The van der Waals surface area contributed by atoms with Crippen molar-refractivity contribution in [2.45, 2.75) is 38.1 Å². The molecule has 7 nitrogen and oxygen atoms in total. The summed E-state index contributed by atoms with van der Waals surface area (Å²) in [5.74, 6) is 0.661. The number of hydrogen-bond acceptors (Lipinski definition) is 5. The lowest BCUT2D eigenvalue weighted by molar-refractivity contribution is -0.137. The summed E-state index contributed by atoms with van der Waals surface area (Å²) < 4.78 is 45.4. The minimum atomic E-state index is -4.42. The number of carbonyl (C=O) groups excluding carboxylic acids is 1. The van der Waals surface area contributed by atoms with Gasteiger partial charge < -0.3 is 9.64 Å². The van der Waals surface area contributed by atoms with E-state index >= 15 is 0 Å². The normalized spacial score (nSPS) is 21.2. The van der Waals surface area contributed by atoms with Crippen LogP contribution >= 0.6 is 0 Å². The minimum Gasteiger partial charge on any atom is -0.487 e. The first-order chi connectivity index (χ1) is 14.6. The van der Waals surface area contributed by atoms with Gasteiger partial charge in [-0.1, -0.05) is 6.07 Å². The highest BCUT2D eigenvalue weighted by Crippen LogP contribution is 2.45. The molecule has 0 aliphatic carbocycles. The van der Waals surface area contributed by atoms with Crippen LogP contribution in [-0.2, 0) is 6.18 Å². The lowest BCUT2D eigenvalue weighted by Crippen LogP contribution is -2.52. The molecule has 1 fully saturated rings. The third-order valence-electron chi connectivity index (χ3n) is 5.62. The van der Waals surface area contributed by atoms with Crippen molar-refractivity contribution >= 4 is 11.8 Å². The van der Waals surface area contributed by atoms with E-state index in [1.807, 2.05) is 13.8 Å². The van der Waals surface area contributed by atoms with E-state index in [-0.39, 0.29) is 17.8 Å². The zero-order valence-corrected chi connectivity index (χ0v) is 17.3. The molecule has 31 heavy (non-hydrogen) atoms. The molecule has 0 saturated carbocycles. The van der Waals surface area contributed by atoms with Gasteiger partial charge >= 0.3 is 12.2 Å². The standard InChI is InChI=1S/C21H24F3N5O2/c1-20(2)13-16(15-6-5-14(21(22,23)24)12-17(15)31-20)28-8-10-29(11-9-28)19(30)26-18-4-3-7-25-27-18/h3-7,12,16H,8-11,13H2,1-2H3,(H,26,27,30). The second kappa shape index (κ2) is 7.99. The van der Waals surface area contributed by atoms with E-state index in [4.69, 9.17) is 4.74 Å². The molecule has 10 heteroatoms. The van der Waals surface area contributed by atoms with Gasteiger partial charge in [0.15, 0.2) is 5.82 Å². The molecule has 0 radical (unpaired) electrons. The van der Waals surface area contributed by atoms with E-state index in [1.165, 1.54) is 12.3 Å². The number of amides is 2. The molecule has 1 aromatic heterocycles. The van der Waals surface area contributed by atoms with Crippen molar-refractivity contribution in [1.82, 2.24) is 20.0 Å². The van der Waals surface area contributed by atoms with Gasteiger partial charge in [0.2, 0.25) is 0 Å². The van der Waals surface area contributed by atoms with Crippen LogP contribution in [0.1, 0.15) is 37.4 Å². The van der Waals surface area contributed by atoms with Gasteiger partial charge in [-0.05, 0) is 38.1 Å². The number of aromatic nitrogens is 2. The van der Waals surface area contributed by atoms with Gasteiger partial charge in [0.25, 0.3) is 0 Å². The molecule has 166 valence electrons. The number of fused-ring (bicyclic) bond motifs is 1. The van der Waals surface area contributed by atoms with Crippen LogP contribution in [0.2, 0.25) is 0 Å². The highest BCUT2D eigenvalue weighted by molar-refractivity contribution is 5.88. The third-order valence-corrected chi connectivity index (χ3v) is 5.62. The molecule has 4 rings (SSSR count). The molecule has 3 heterocycles. The molecular weight excluding hydrogens is 411 g/mol. The maximum atomic E-state index is 13.2. The fourth-order valence-corrected chi connectivity index (χ4v) is 4.11. The number of nitrogens with zero attached hydrogens (tertiary/aromatic N) is 4. The summed E-state index contributed by atoms with van der Waals surface area (Å²) in [6.45, 7) is 5.98. The van der Waals surface area contributed by atoms with Crippen LogP contribution in [0.5, 0.6) is 5.75 Å². The molecule has 2 aliphatic heterocycles. The van der Waals surface area contributed by atoms with Gasteiger partial charge in [-0.3, -0.25) is 10.2 Å². The Morgan fingerprint density at radius 1 is 1.19 bits per heavy atom. The number of piperazine rings is 1. The molecule has 1 N–H and O–H groups in total. The Bertz CT molecular complexity index is 944. The van der Waals surface area contributed by atoms with Crippen molar-refractivity contribution in [3.8, 4) is 5.75 Å². The lowest BCUT2D eigenvalue weighted by Gasteiger charge is -2.45. The molecule has 2 aliphatic rings. The topological polar surface area (TPSA) is 70.6 Å². The second-order valence-corrected chi connectivity index (χ2v) is 8.39. The van der Waals surface area contributed by atoms with E-state index in [2.05, 4.69) is 20.4 Å². The number of anilines is 1. The van der Waals surface area contributed by atoms with Crippen molar-refractivity contribution < 1.29 is 22.7 Å². The summed E-state index contributed by atoms with van der Waals surface area (Å²) in [7, 11) is 0. The van der Waals surface area contributed by atoms with Crippen LogP contribution in [-0.4, -0.2) is 57.8 Å². The van der Waals surface area contributed by atoms with E-state index in [1.54, 1.807) is 17.0 Å². The first-order valence-corrected chi connectivity index (χ1v) is 10.1. The number of carbonyl (C=O) groups is 1. The molecule has 1 atom stereocenters. The number of hydrogen-bond donors (Lipinski definition) is 1. The monoisotopic (exact) mass is 435 g/mol. The fourth-order valence-electron chi connectivity index (χ4n) is 4.11. The average molecular weight is 435 g/mol. The lowest BCUT2D eigenvalue weighted by atomic mass is 9.87. The van der Waals surface area contributed by atoms with E-state index in [9.17, 15) is 18.0 Å². The summed E-state index contributed by atoms with van der Waals surface area (Å²) in [6, 6.07) is 6.75. The molecule has 0 bridgehead atoms. The Morgan fingerprint density at radius 3 is 2.58 bits per heavy atom. The highest BCUT2D eigenvalue weighted by Gasteiger charge is 2.40. The van der Waals surface area contributed by atoms with E-state index in [0.717, 1.165) is 17.7 Å². The van der Waals surface area contributed by atoms with E-state index < -0.39 is 17.3 Å². The van der Waals surface area contributed by atoms with Crippen molar-refractivity contribution in [2.75, 3.05) is 31.5 Å². The van der Waals surface area contributed by atoms with E-state index in [0.29, 0.717) is 38.4 Å². The van der Waals surface area contributed by atoms with Gasteiger partial charge in [0.1, 0.15) is 11.4 Å². The first-order valence-electron chi connectivity index (χ1n) is 10.1. The number of benzene rings is 1. The zero-order valence-electron chi connectivity index (χ0n) is 17.3. The largest absolute Gasteiger partial charge is 0.487 e. The Kier molecular flexibility index (Phi) is 5.50. The number of ether oxygens (including phenoxy) is 1. The molecule has 2 aromatic rings. The van der Waals surface area contributed by atoms with Crippen molar-refractivity contribution in [1.29, 1.82) is 0 Å². The summed E-state index contributed by atoms with van der Waals surface area (Å²) in [5.41, 5.74) is -0.555. The van der Waals surface area contributed by atoms with Crippen molar-refractivity contribution in [3.63, 3.8) is 0 Å². The molecule has 2 amide bonds. The summed E-state index contributed by atoms with van der Waals surface area (Å²) >= 11 is 0. The highest BCUT2D eigenvalue weighted by atomic mass is 19.4. The smallest absolute Gasteiger partial charge is 0.416 e. The Morgan fingerprint density at radius 2 is 1.94 bits per heavy atom. The summed E-state index contributed by atoms with van der Waals surface area (Å²) in [5, 5.41) is 10.3. The molecule has 1 aromatic carbocycles. The molecule has 0 spiro atoms. The van der Waals surface area contributed by atoms with Crippen molar-refractivity contribution in [2.24, 2.45) is 0 Å². The maximum absolute atomic E-state index is 13.2. The Hall–Kier alpha value is -2.88. The van der Waals surface area contributed by atoms with Gasteiger partial charge in [0, 0.05) is 50.4 Å². The predicted octanol–water partition coefficient (Wildman–Crippen LogP) is 3.95. The molecule has 1 saturated heterocycles. The third kappa shape index (κ3) is 4.73.